The van der Waals surface area contributed by atoms with E-state index in [0.717, 1.165) is 0 Å². The van der Waals surface area contributed by atoms with E-state index >= 15 is 0 Å². The number of ketones is 1. The first-order valence-corrected chi connectivity index (χ1v) is 5.28. The Kier molecular flexibility index (Phi) is 4.35. The molecule has 0 aliphatic carbocycles. The highest BCUT2D eigenvalue weighted by Gasteiger charge is 2.15. The van der Waals surface area contributed by atoms with Gasteiger partial charge < -0.3 is 5.32 Å². The molecule has 1 heterocycles. The van der Waals surface area contributed by atoms with Gasteiger partial charge in [-0.2, -0.15) is 5.26 Å². The molecule has 0 spiro atoms. The summed E-state index contributed by atoms with van der Waals surface area (Å²) in [5, 5.41) is 11.1. The summed E-state index contributed by atoms with van der Waals surface area (Å²) in [6.45, 7) is 3.37. The van der Waals surface area contributed by atoms with Crippen LogP contribution in [0.25, 0.3) is 0 Å². The van der Waals surface area contributed by atoms with Gasteiger partial charge in [-0.25, -0.2) is 4.98 Å². The van der Waals surface area contributed by atoms with Crippen LogP contribution in [0, 0.1) is 11.3 Å². The van der Waals surface area contributed by atoms with E-state index in [1.165, 1.54) is 18.3 Å². The van der Waals surface area contributed by atoms with Gasteiger partial charge in [0.25, 0.3) is 5.91 Å². The fourth-order valence-electron chi connectivity index (χ4n) is 1.25. The molecule has 0 bridgehead atoms. The minimum absolute atomic E-state index is 0.0352. The topological polar surface area (TPSA) is 82.9 Å². The maximum absolute atomic E-state index is 11.7. The molecule has 0 aliphatic rings. The van der Waals surface area contributed by atoms with Gasteiger partial charge in [0.15, 0.2) is 5.78 Å². The highest BCUT2D eigenvalue weighted by atomic mass is 16.2. The zero-order valence-corrected chi connectivity index (χ0v) is 9.73. The molecule has 88 valence electrons. The molecule has 5 heteroatoms. The van der Waals surface area contributed by atoms with Gasteiger partial charge in [0.1, 0.15) is 11.8 Å². The summed E-state index contributed by atoms with van der Waals surface area (Å²) in [7, 11) is 0. The van der Waals surface area contributed by atoms with Crippen LogP contribution in [-0.2, 0) is 4.79 Å². The lowest BCUT2D eigenvalue weighted by atomic mass is 10.1. The molecule has 0 aromatic carbocycles. The summed E-state index contributed by atoms with van der Waals surface area (Å²) in [6, 6.07) is 4.35. The van der Waals surface area contributed by atoms with Crippen molar-refractivity contribution in [1.82, 2.24) is 10.3 Å². The van der Waals surface area contributed by atoms with Crippen molar-refractivity contribution in [3.63, 3.8) is 0 Å². The highest BCUT2D eigenvalue weighted by molar-refractivity contribution is 5.96. The first-order chi connectivity index (χ1) is 8.08. The molecule has 1 atom stereocenters. The quantitative estimate of drug-likeness (QED) is 0.839. The van der Waals surface area contributed by atoms with Crippen LogP contribution in [0.15, 0.2) is 18.3 Å². The fraction of sp³-hybridized carbons (Fsp3) is 0.333. The van der Waals surface area contributed by atoms with Crippen molar-refractivity contribution < 1.29 is 9.59 Å². The van der Waals surface area contributed by atoms with E-state index in [2.05, 4.69) is 10.3 Å². The molecular formula is C12H13N3O2. The second kappa shape index (κ2) is 5.75. The average Bonchev–Trinajstić information content (AvgIpc) is 2.37. The van der Waals surface area contributed by atoms with E-state index in [9.17, 15) is 9.59 Å². The maximum atomic E-state index is 11.7. The minimum Gasteiger partial charge on any atom is -0.341 e. The molecule has 0 fully saturated rings. The first kappa shape index (κ1) is 12.8. The van der Waals surface area contributed by atoms with Crippen molar-refractivity contribution >= 4 is 11.7 Å². The second-order valence-electron chi connectivity index (χ2n) is 3.56. The van der Waals surface area contributed by atoms with Crippen LogP contribution < -0.4 is 5.32 Å². The third kappa shape index (κ3) is 3.38. The molecule has 1 rings (SSSR count). The van der Waals surface area contributed by atoms with Gasteiger partial charge >= 0.3 is 0 Å². The summed E-state index contributed by atoms with van der Waals surface area (Å²) in [6.07, 6.45) is 1.70. The van der Waals surface area contributed by atoms with Crippen LogP contribution in [0.3, 0.4) is 0 Å². The van der Waals surface area contributed by atoms with Crippen molar-refractivity contribution in [1.29, 1.82) is 5.26 Å². The number of nitrogens with one attached hydrogen (secondary N) is 1. The van der Waals surface area contributed by atoms with Crippen LogP contribution in [0.4, 0.5) is 0 Å². The van der Waals surface area contributed by atoms with Gasteiger partial charge in [-0.15, -0.1) is 0 Å². The molecule has 5 nitrogen and oxygen atoms in total. The van der Waals surface area contributed by atoms with E-state index < -0.39 is 11.9 Å². The largest absolute Gasteiger partial charge is 0.341 e. The molecule has 0 saturated heterocycles. The molecule has 1 N–H and O–H groups in total. The molecule has 1 unspecified atom stereocenters. The van der Waals surface area contributed by atoms with Crippen LogP contribution in [0.5, 0.6) is 0 Å². The number of nitriles is 1. The lowest BCUT2D eigenvalue weighted by Crippen LogP contribution is -2.38. The lowest BCUT2D eigenvalue weighted by Gasteiger charge is -2.11. The number of pyridine rings is 1. The first-order valence-electron chi connectivity index (χ1n) is 5.28. The van der Waals surface area contributed by atoms with E-state index in [1.807, 2.05) is 6.07 Å². The van der Waals surface area contributed by atoms with Crippen molar-refractivity contribution in [2.75, 3.05) is 0 Å². The van der Waals surface area contributed by atoms with Gasteiger partial charge in [0, 0.05) is 12.6 Å². The molecule has 0 aliphatic heterocycles. The molecule has 1 aromatic rings. The number of hydrogen-bond acceptors (Lipinski definition) is 4. The summed E-state index contributed by atoms with van der Waals surface area (Å²) < 4.78 is 0. The Hall–Kier alpha value is -2.22. The van der Waals surface area contributed by atoms with Gasteiger partial charge in [0.2, 0.25) is 0 Å². The predicted molar refractivity (Wildman–Crippen MR) is 61.2 cm³/mol. The summed E-state index contributed by atoms with van der Waals surface area (Å²) >= 11 is 0. The Morgan fingerprint density at radius 2 is 2.24 bits per heavy atom. The van der Waals surface area contributed by atoms with Gasteiger partial charge in [0.05, 0.1) is 11.6 Å². The number of amides is 1. The Morgan fingerprint density at radius 1 is 1.53 bits per heavy atom. The van der Waals surface area contributed by atoms with E-state index in [4.69, 9.17) is 5.26 Å². The van der Waals surface area contributed by atoms with Crippen molar-refractivity contribution in [2.24, 2.45) is 0 Å². The Bertz CT molecular complexity index is 460. The Morgan fingerprint density at radius 3 is 2.71 bits per heavy atom. The highest BCUT2D eigenvalue weighted by Crippen LogP contribution is 2.00. The number of nitrogens with zero attached hydrogens (tertiary/aromatic N) is 2. The number of aromatic nitrogens is 1. The predicted octanol–water partition coefficient (Wildman–Crippen LogP) is 1.05. The average molecular weight is 231 g/mol. The molecule has 0 radical (unpaired) electrons. The summed E-state index contributed by atoms with van der Waals surface area (Å²) in [4.78, 5) is 26.8. The third-order valence-electron chi connectivity index (χ3n) is 2.30. The van der Waals surface area contributed by atoms with E-state index in [-0.39, 0.29) is 11.5 Å². The summed E-state index contributed by atoms with van der Waals surface area (Å²) in [5.41, 5.74) is 0.582. The van der Waals surface area contributed by atoms with E-state index in [1.54, 1.807) is 13.8 Å². The number of carbonyl (C=O) groups is 2. The molecule has 1 aromatic heterocycles. The second-order valence-corrected chi connectivity index (χ2v) is 3.56. The van der Waals surface area contributed by atoms with Gasteiger partial charge in [-0.1, -0.05) is 6.92 Å². The standard InChI is InChI=1S/C12H13N3O2/c1-3-11(16)8(2)15-12(17)10-5-4-9(6-13)7-14-10/h4-5,7-8H,3H2,1-2H3,(H,15,17). The Labute approximate surface area is 99.5 Å². The SMILES string of the molecule is CCC(=O)C(C)NC(=O)c1ccc(C#N)cn1. The van der Waals surface area contributed by atoms with Crippen LogP contribution >= 0.6 is 0 Å². The van der Waals surface area contributed by atoms with Gasteiger partial charge in [-0.3, -0.25) is 9.59 Å². The zero-order valence-electron chi connectivity index (χ0n) is 9.73. The smallest absolute Gasteiger partial charge is 0.270 e. The lowest BCUT2D eigenvalue weighted by molar-refractivity contribution is -0.120. The fourth-order valence-corrected chi connectivity index (χ4v) is 1.25. The Balaban J connectivity index is 2.70. The molecular weight excluding hydrogens is 218 g/mol. The van der Waals surface area contributed by atoms with Crippen LogP contribution in [0.2, 0.25) is 0 Å². The molecule has 17 heavy (non-hydrogen) atoms. The molecule has 1 amide bonds. The van der Waals surface area contributed by atoms with E-state index in [0.29, 0.717) is 12.0 Å². The van der Waals surface area contributed by atoms with Crippen molar-refractivity contribution in [2.45, 2.75) is 26.3 Å². The maximum Gasteiger partial charge on any atom is 0.270 e. The van der Waals surface area contributed by atoms with Crippen LogP contribution in [-0.4, -0.2) is 22.7 Å². The zero-order chi connectivity index (χ0) is 12.8. The number of hydrogen-bond donors (Lipinski definition) is 1. The minimum atomic E-state index is -0.523. The monoisotopic (exact) mass is 231 g/mol. The molecule has 0 saturated carbocycles. The normalized spacial score (nSPS) is 11.4. The van der Waals surface area contributed by atoms with Crippen molar-refractivity contribution in [3.8, 4) is 6.07 Å². The summed E-state index contributed by atoms with van der Waals surface area (Å²) in [5.74, 6) is -0.448. The van der Waals surface area contributed by atoms with Crippen LogP contribution in [0.1, 0.15) is 36.3 Å². The number of Topliss-reactive ketones (excluding diaryl/α,β-unsaturated/α-hetero) is 1. The van der Waals surface area contributed by atoms with Gasteiger partial charge in [-0.05, 0) is 19.1 Å². The van der Waals surface area contributed by atoms with Crippen molar-refractivity contribution in [3.05, 3.63) is 29.6 Å². The third-order valence-corrected chi connectivity index (χ3v) is 2.30. The number of carbonyl (C=O) groups excluding carboxylic acids is 2. The number of rotatable bonds is 4.